The normalized spacial score (nSPS) is 26.6. The molecule has 23 heavy (non-hydrogen) atoms. The molecule has 9 nitrogen and oxygen atoms in total. The van der Waals surface area contributed by atoms with Gasteiger partial charge in [-0.25, -0.2) is 14.4 Å². The molecule has 0 radical (unpaired) electrons. The first-order valence-electron chi connectivity index (χ1n) is 7.36. The van der Waals surface area contributed by atoms with Crippen LogP contribution in [-0.2, 0) is 19.1 Å². The van der Waals surface area contributed by atoms with Crippen molar-refractivity contribution in [1.29, 1.82) is 0 Å². The van der Waals surface area contributed by atoms with Gasteiger partial charge in [-0.15, -0.1) is 0 Å². The number of hydrogen-bond acceptors (Lipinski definition) is 6. The van der Waals surface area contributed by atoms with E-state index in [9.17, 15) is 4.79 Å². The maximum atomic E-state index is 12.1. The molecule has 1 saturated heterocycles. The van der Waals surface area contributed by atoms with E-state index in [1.165, 1.54) is 0 Å². The molecule has 2 aliphatic rings. The highest BCUT2D eigenvalue weighted by Gasteiger charge is 2.44. The number of fused-ring (bicyclic) bond motifs is 1. The SMILES string of the molecule is CC(C)(C)OC(=O)N1CCO[C@H]2[C@@H](N)CC[C@@H]21.O=C(O)C(=O)O. The predicted molar refractivity (Wildman–Crippen MR) is 78.9 cm³/mol. The molecule has 0 aromatic carbocycles. The van der Waals surface area contributed by atoms with Crippen molar-refractivity contribution in [3.8, 4) is 0 Å². The van der Waals surface area contributed by atoms with Crippen molar-refractivity contribution in [2.24, 2.45) is 5.73 Å². The summed E-state index contributed by atoms with van der Waals surface area (Å²) in [7, 11) is 0. The molecule has 2 rings (SSSR count). The van der Waals surface area contributed by atoms with E-state index in [4.69, 9.17) is 35.0 Å². The van der Waals surface area contributed by atoms with Gasteiger partial charge in [0.05, 0.1) is 18.8 Å². The van der Waals surface area contributed by atoms with Crippen molar-refractivity contribution < 1.29 is 34.1 Å². The summed E-state index contributed by atoms with van der Waals surface area (Å²) in [5.74, 6) is -3.65. The molecule has 0 aromatic heterocycles. The van der Waals surface area contributed by atoms with Gasteiger partial charge in [0.1, 0.15) is 5.60 Å². The summed E-state index contributed by atoms with van der Waals surface area (Å²) in [5.41, 5.74) is 5.52. The number of carbonyl (C=O) groups is 3. The van der Waals surface area contributed by atoms with E-state index in [2.05, 4.69) is 0 Å². The minimum Gasteiger partial charge on any atom is -0.473 e. The molecule has 2 fully saturated rings. The maximum Gasteiger partial charge on any atom is 0.414 e. The molecule has 1 heterocycles. The maximum absolute atomic E-state index is 12.1. The third-order valence-corrected chi connectivity index (χ3v) is 3.45. The Morgan fingerprint density at radius 2 is 1.74 bits per heavy atom. The Labute approximate surface area is 134 Å². The lowest BCUT2D eigenvalue weighted by Crippen LogP contribution is -2.55. The Balaban J connectivity index is 0.000000379. The van der Waals surface area contributed by atoms with Gasteiger partial charge in [0.15, 0.2) is 0 Å². The first kappa shape index (κ1) is 19.2. The van der Waals surface area contributed by atoms with E-state index in [-0.39, 0.29) is 24.3 Å². The lowest BCUT2D eigenvalue weighted by atomic mass is 10.1. The zero-order valence-corrected chi connectivity index (χ0v) is 13.5. The zero-order chi connectivity index (χ0) is 17.8. The number of hydrogen-bond donors (Lipinski definition) is 3. The van der Waals surface area contributed by atoms with Crippen LogP contribution >= 0.6 is 0 Å². The van der Waals surface area contributed by atoms with E-state index in [0.717, 1.165) is 12.8 Å². The van der Waals surface area contributed by atoms with Gasteiger partial charge in [0.2, 0.25) is 0 Å². The van der Waals surface area contributed by atoms with Crippen molar-refractivity contribution in [2.75, 3.05) is 13.2 Å². The van der Waals surface area contributed by atoms with Crippen LogP contribution in [0, 0.1) is 0 Å². The highest BCUT2D eigenvalue weighted by Crippen LogP contribution is 2.30. The van der Waals surface area contributed by atoms with Gasteiger partial charge >= 0.3 is 18.0 Å². The second-order valence-corrected chi connectivity index (χ2v) is 6.43. The number of carbonyl (C=O) groups excluding carboxylic acids is 1. The Morgan fingerprint density at radius 1 is 1.17 bits per heavy atom. The van der Waals surface area contributed by atoms with Crippen LogP contribution in [0.1, 0.15) is 33.6 Å². The summed E-state index contributed by atoms with van der Waals surface area (Å²) >= 11 is 0. The molecule has 0 aromatic rings. The van der Waals surface area contributed by atoms with Gasteiger partial charge in [0, 0.05) is 12.6 Å². The molecule has 0 spiro atoms. The Kier molecular flexibility index (Phi) is 6.34. The highest BCUT2D eigenvalue weighted by molar-refractivity contribution is 6.27. The molecule has 1 amide bonds. The number of carboxylic acid groups (broad SMARTS) is 2. The summed E-state index contributed by atoms with van der Waals surface area (Å²) in [5, 5.41) is 14.8. The van der Waals surface area contributed by atoms with E-state index in [1.807, 2.05) is 20.8 Å². The lowest BCUT2D eigenvalue weighted by Gasteiger charge is -2.39. The molecular weight excluding hydrogens is 308 g/mol. The third-order valence-electron chi connectivity index (χ3n) is 3.45. The summed E-state index contributed by atoms with van der Waals surface area (Å²) < 4.78 is 11.1. The number of amides is 1. The highest BCUT2D eigenvalue weighted by atomic mass is 16.6. The quantitative estimate of drug-likeness (QED) is 0.537. The number of rotatable bonds is 0. The monoisotopic (exact) mass is 332 g/mol. The molecule has 1 aliphatic heterocycles. The molecular formula is C14H24N2O7. The Bertz CT molecular complexity index is 449. The van der Waals surface area contributed by atoms with Gasteiger partial charge in [0.25, 0.3) is 0 Å². The molecule has 3 atom stereocenters. The summed E-state index contributed by atoms with van der Waals surface area (Å²) in [6, 6.07) is 0.138. The van der Waals surface area contributed by atoms with Crippen LogP contribution < -0.4 is 5.73 Å². The van der Waals surface area contributed by atoms with Gasteiger partial charge in [-0.3, -0.25) is 0 Å². The van der Waals surface area contributed by atoms with Crippen LogP contribution in [0.4, 0.5) is 4.79 Å². The Morgan fingerprint density at radius 3 is 2.22 bits per heavy atom. The molecule has 1 aliphatic carbocycles. The fraction of sp³-hybridized carbons (Fsp3) is 0.786. The van der Waals surface area contributed by atoms with Crippen LogP contribution in [0.2, 0.25) is 0 Å². The number of aliphatic carboxylic acids is 2. The number of carboxylic acids is 2. The molecule has 9 heteroatoms. The van der Waals surface area contributed by atoms with Crippen LogP contribution in [-0.4, -0.2) is 70.1 Å². The van der Waals surface area contributed by atoms with E-state index >= 15 is 0 Å². The number of nitrogens with two attached hydrogens (primary N) is 1. The first-order chi connectivity index (χ1) is 10.5. The molecule has 1 saturated carbocycles. The van der Waals surface area contributed by atoms with E-state index < -0.39 is 17.5 Å². The van der Waals surface area contributed by atoms with Crippen molar-refractivity contribution in [3.05, 3.63) is 0 Å². The summed E-state index contributed by atoms with van der Waals surface area (Å²) in [4.78, 5) is 32.1. The molecule has 0 unspecified atom stereocenters. The standard InChI is InChI=1S/C12H22N2O3.C2H2O4/c1-12(2,3)17-11(15)14-6-7-16-10-8(13)4-5-9(10)14;3-1(4)2(5)6/h8-10H,4-7,13H2,1-3H3;(H,3,4)(H,5,6)/t8-,9-,10-;/m0./s1. The van der Waals surface area contributed by atoms with Crippen molar-refractivity contribution in [1.82, 2.24) is 4.90 Å². The van der Waals surface area contributed by atoms with Gasteiger partial charge in [-0.05, 0) is 33.6 Å². The molecule has 4 N–H and O–H groups in total. The van der Waals surface area contributed by atoms with Gasteiger partial charge in [-0.1, -0.05) is 0 Å². The smallest absolute Gasteiger partial charge is 0.414 e. The Hall–Kier alpha value is -1.87. The lowest BCUT2D eigenvalue weighted by molar-refractivity contribution is -0.159. The molecule has 132 valence electrons. The average Bonchev–Trinajstić information content (AvgIpc) is 2.79. The fourth-order valence-electron chi connectivity index (χ4n) is 2.55. The number of morpholine rings is 1. The van der Waals surface area contributed by atoms with Crippen molar-refractivity contribution in [2.45, 2.75) is 57.4 Å². The van der Waals surface area contributed by atoms with Crippen LogP contribution in [0.15, 0.2) is 0 Å². The van der Waals surface area contributed by atoms with Gasteiger partial charge < -0.3 is 30.3 Å². The minimum absolute atomic E-state index is 0.0173. The van der Waals surface area contributed by atoms with Gasteiger partial charge in [-0.2, -0.15) is 0 Å². The summed E-state index contributed by atoms with van der Waals surface area (Å²) in [6.45, 7) is 6.78. The minimum atomic E-state index is -1.82. The van der Waals surface area contributed by atoms with Crippen LogP contribution in [0.3, 0.4) is 0 Å². The van der Waals surface area contributed by atoms with E-state index in [0.29, 0.717) is 13.2 Å². The second kappa shape index (κ2) is 7.60. The fourth-order valence-corrected chi connectivity index (χ4v) is 2.55. The topological polar surface area (TPSA) is 139 Å². The van der Waals surface area contributed by atoms with Crippen molar-refractivity contribution in [3.63, 3.8) is 0 Å². The summed E-state index contributed by atoms with van der Waals surface area (Å²) in [6.07, 6.45) is 1.56. The average molecular weight is 332 g/mol. The van der Waals surface area contributed by atoms with Crippen molar-refractivity contribution >= 4 is 18.0 Å². The largest absolute Gasteiger partial charge is 0.473 e. The van der Waals surface area contributed by atoms with Crippen LogP contribution in [0.5, 0.6) is 0 Å². The second-order valence-electron chi connectivity index (χ2n) is 6.43. The number of nitrogens with zero attached hydrogens (tertiary/aromatic N) is 1. The van der Waals surface area contributed by atoms with E-state index in [1.54, 1.807) is 4.90 Å². The molecule has 0 bridgehead atoms. The zero-order valence-electron chi connectivity index (χ0n) is 13.5. The van der Waals surface area contributed by atoms with Crippen LogP contribution in [0.25, 0.3) is 0 Å². The first-order valence-corrected chi connectivity index (χ1v) is 7.36. The third kappa shape index (κ3) is 5.68. The predicted octanol–water partition coefficient (Wildman–Crippen LogP) is 0.268. The number of ether oxygens (including phenoxy) is 2.